The molecule has 3 heterocycles. The summed E-state index contributed by atoms with van der Waals surface area (Å²) in [6, 6.07) is 3.80. The van der Waals surface area contributed by atoms with Gasteiger partial charge in [0.05, 0.1) is 12.7 Å². The van der Waals surface area contributed by atoms with E-state index in [2.05, 4.69) is 26.1 Å². The smallest absolute Gasteiger partial charge is 0.319 e. The van der Waals surface area contributed by atoms with Gasteiger partial charge in [-0.15, -0.1) is 0 Å². The molecule has 0 atom stereocenters. The molecule has 3 fully saturated rings. The molecule has 0 unspecified atom stereocenters. The third-order valence-electron chi connectivity index (χ3n) is 7.26. The maximum absolute atomic E-state index is 12.8. The molecule has 0 spiro atoms. The molecule has 3 saturated heterocycles. The van der Waals surface area contributed by atoms with Gasteiger partial charge in [-0.2, -0.15) is 0 Å². The number of hydrogen-bond acceptors (Lipinski definition) is 5. The number of nitrogens with zero attached hydrogens (tertiary/aromatic N) is 3. The molecule has 0 aliphatic carbocycles. The Kier molecular flexibility index (Phi) is 8.01. The van der Waals surface area contributed by atoms with E-state index in [-0.39, 0.29) is 18.0 Å². The molecule has 0 saturated carbocycles. The predicted octanol–water partition coefficient (Wildman–Crippen LogP) is 3.16. The topological polar surface area (TPSA) is 91.1 Å². The number of nitrogens with two attached hydrogens (primary N) is 1. The SMILES string of the molecule is COc1cc(N)c(Br)cc1C(=O)NC1CCN(CC2CCN(C(=O)N3CCCC3)CC2)CC1. The van der Waals surface area contributed by atoms with E-state index in [0.29, 0.717) is 27.4 Å². The normalized spacial score (nSPS) is 20.8. The first kappa shape index (κ1) is 24.1. The Labute approximate surface area is 204 Å². The number of benzene rings is 1. The Morgan fingerprint density at radius 1 is 1.03 bits per heavy atom. The maximum Gasteiger partial charge on any atom is 0.319 e. The van der Waals surface area contributed by atoms with Crippen LogP contribution in [0.15, 0.2) is 16.6 Å². The van der Waals surface area contributed by atoms with Crippen molar-refractivity contribution >= 4 is 33.6 Å². The Morgan fingerprint density at radius 2 is 1.67 bits per heavy atom. The first-order valence-electron chi connectivity index (χ1n) is 12.1. The van der Waals surface area contributed by atoms with Gasteiger partial charge in [-0.1, -0.05) is 0 Å². The summed E-state index contributed by atoms with van der Waals surface area (Å²) >= 11 is 3.40. The molecule has 3 amide bonds. The largest absolute Gasteiger partial charge is 0.496 e. The summed E-state index contributed by atoms with van der Waals surface area (Å²) in [5, 5.41) is 3.17. The van der Waals surface area contributed by atoms with Crippen molar-refractivity contribution in [1.82, 2.24) is 20.0 Å². The fraction of sp³-hybridized carbons (Fsp3) is 0.667. The van der Waals surface area contributed by atoms with Crippen LogP contribution in [0.1, 0.15) is 48.9 Å². The van der Waals surface area contributed by atoms with E-state index >= 15 is 0 Å². The summed E-state index contributed by atoms with van der Waals surface area (Å²) in [7, 11) is 1.55. The van der Waals surface area contributed by atoms with Gasteiger partial charge < -0.3 is 30.5 Å². The van der Waals surface area contributed by atoms with Crippen LogP contribution in [-0.4, -0.2) is 85.6 Å². The van der Waals surface area contributed by atoms with Gasteiger partial charge in [0.25, 0.3) is 5.91 Å². The monoisotopic (exact) mass is 521 g/mol. The third kappa shape index (κ3) is 5.93. The van der Waals surface area contributed by atoms with Crippen molar-refractivity contribution in [1.29, 1.82) is 0 Å². The summed E-state index contributed by atoms with van der Waals surface area (Å²) in [4.78, 5) is 32.0. The van der Waals surface area contributed by atoms with Crippen LogP contribution < -0.4 is 15.8 Å². The molecule has 182 valence electrons. The Morgan fingerprint density at radius 3 is 2.30 bits per heavy atom. The summed E-state index contributed by atoms with van der Waals surface area (Å²) in [6.07, 6.45) is 6.34. The summed E-state index contributed by atoms with van der Waals surface area (Å²) < 4.78 is 6.04. The minimum atomic E-state index is -0.124. The van der Waals surface area contributed by atoms with Crippen LogP contribution >= 0.6 is 15.9 Å². The zero-order valence-electron chi connectivity index (χ0n) is 19.5. The first-order chi connectivity index (χ1) is 15.9. The quantitative estimate of drug-likeness (QED) is 0.580. The van der Waals surface area contributed by atoms with Crippen LogP contribution in [0.4, 0.5) is 10.5 Å². The first-order valence-corrected chi connectivity index (χ1v) is 12.9. The average Bonchev–Trinajstić information content (AvgIpc) is 3.37. The number of nitrogen functional groups attached to an aromatic ring is 1. The van der Waals surface area contributed by atoms with Crippen LogP contribution in [0.5, 0.6) is 5.75 Å². The number of hydrogen-bond donors (Lipinski definition) is 2. The van der Waals surface area contributed by atoms with Gasteiger partial charge in [-0.05, 0) is 66.4 Å². The summed E-state index contributed by atoms with van der Waals surface area (Å²) in [6.45, 7) is 6.67. The molecule has 4 rings (SSSR count). The Bertz CT molecular complexity index is 845. The van der Waals surface area contributed by atoms with Gasteiger partial charge >= 0.3 is 6.03 Å². The molecule has 0 aromatic heterocycles. The number of halogens is 1. The second kappa shape index (κ2) is 11.0. The highest BCUT2D eigenvalue weighted by atomic mass is 79.9. The lowest BCUT2D eigenvalue weighted by Gasteiger charge is -2.38. The average molecular weight is 522 g/mol. The van der Waals surface area contributed by atoms with E-state index in [1.807, 2.05) is 9.80 Å². The van der Waals surface area contributed by atoms with Crippen LogP contribution in [0.3, 0.4) is 0 Å². The molecule has 9 heteroatoms. The predicted molar refractivity (Wildman–Crippen MR) is 133 cm³/mol. The summed E-state index contributed by atoms with van der Waals surface area (Å²) in [5.74, 6) is 1.01. The molecule has 0 bridgehead atoms. The molecule has 3 N–H and O–H groups in total. The minimum absolute atomic E-state index is 0.124. The number of anilines is 1. The highest BCUT2D eigenvalue weighted by Crippen LogP contribution is 2.29. The van der Waals surface area contributed by atoms with Crippen molar-refractivity contribution in [3.63, 3.8) is 0 Å². The van der Waals surface area contributed by atoms with E-state index in [9.17, 15) is 9.59 Å². The molecular formula is C24H36BrN5O3. The fourth-order valence-electron chi connectivity index (χ4n) is 5.22. The molecule has 3 aliphatic rings. The van der Waals surface area contributed by atoms with Crippen molar-refractivity contribution in [3.8, 4) is 5.75 Å². The van der Waals surface area contributed by atoms with E-state index in [4.69, 9.17) is 10.5 Å². The van der Waals surface area contributed by atoms with Crippen molar-refractivity contribution in [2.24, 2.45) is 5.92 Å². The Balaban J connectivity index is 1.19. The highest BCUT2D eigenvalue weighted by molar-refractivity contribution is 9.10. The lowest BCUT2D eigenvalue weighted by Crippen LogP contribution is -2.49. The molecule has 1 aromatic carbocycles. The standard InChI is InChI=1S/C24H36BrN5O3/c1-33-22-15-21(26)20(25)14-19(22)23(31)27-18-6-10-28(11-7-18)16-17-4-12-30(13-5-17)24(32)29-8-2-3-9-29/h14-15,17-18H,2-13,16,26H2,1H3,(H,27,31). The van der Waals surface area contributed by atoms with Gasteiger partial charge in [-0.3, -0.25) is 4.79 Å². The highest BCUT2D eigenvalue weighted by Gasteiger charge is 2.30. The van der Waals surface area contributed by atoms with Gasteiger partial charge in [0.1, 0.15) is 5.75 Å². The lowest BCUT2D eigenvalue weighted by molar-refractivity contribution is 0.0886. The van der Waals surface area contributed by atoms with Gasteiger partial charge in [-0.25, -0.2) is 4.79 Å². The zero-order chi connectivity index (χ0) is 23.4. The number of amides is 3. The number of ether oxygens (including phenoxy) is 1. The van der Waals surface area contributed by atoms with E-state index in [1.165, 1.54) is 0 Å². The second-order valence-corrected chi connectivity index (χ2v) is 10.4. The van der Waals surface area contributed by atoms with Gasteiger partial charge in [0, 0.05) is 68.1 Å². The van der Waals surface area contributed by atoms with E-state index < -0.39 is 0 Å². The number of likely N-dealkylation sites (tertiary alicyclic amines) is 3. The van der Waals surface area contributed by atoms with E-state index in [1.54, 1.807) is 19.2 Å². The zero-order valence-corrected chi connectivity index (χ0v) is 21.1. The molecule has 1 aromatic rings. The van der Waals surface area contributed by atoms with Crippen LogP contribution in [0, 0.1) is 5.92 Å². The van der Waals surface area contributed by atoms with Crippen molar-refractivity contribution < 1.29 is 14.3 Å². The molecular weight excluding hydrogens is 486 g/mol. The number of carbonyl (C=O) groups is 2. The van der Waals surface area contributed by atoms with Crippen molar-refractivity contribution in [2.45, 2.75) is 44.6 Å². The van der Waals surface area contributed by atoms with Crippen molar-refractivity contribution in [2.75, 3.05) is 58.7 Å². The van der Waals surface area contributed by atoms with Crippen molar-refractivity contribution in [3.05, 3.63) is 22.2 Å². The van der Waals surface area contributed by atoms with Crippen LogP contribution in [0.2, 0.25) is 0 Å². The van der Waals surface area contributed by atoms with Crippen LogP contribution in [0.25, 0.3) is 0 Å². The molecule has 3 aliphatic heterocycles. The number of methoxy groups -OCH3 is 1. The number of urea groups is 1. The third-order valence-corrected chi connectivity index (χ3v) is 7.95. The number of rotatable bonds is 5. The molecule has 33 heavy (non-hydrogen) atoms. The molecule has 0 radical (unpaired) electrons. The fourth-order valence-corrected chi connectivity index (χ4v) is 5.56. The number of nitrogens with one attached hydrogen (secondary N) is 1. The maximum atomic E-state index is 12.8. The van der Waals surface area contributed by atoms with Crippen LogP contribution in [-0.2, 0) is 0 Å². The minimum Gasteiger partial charge on any atom is -0.496 e. The van der Waals surface area contributed by atoms with E-state index in [0.717, 1.165) is 84.3 Å². The van der Waals surface area contributed by atoms with Gasteiger partial charge in [0.2, 0.25) is 0 Å². The van der Waals surface area contributed by atoms with Gasteiger partial charge in [0.15, 0.2) is 0 Å². The number of piperidine rings is 2. The number of carbonyl (C=O) groups excluding carboxylic acids is 2. The second-order valence-electron chi connectivity index (χ2n) is 9.53. The summed E-state index contributed by atoms with van der Waals surface area (Å²) in [5.41, 5.74) is 6.95. The lowest BCUT2D eigenvalue weighted by atomic mass is 9.94. The molecule has 8 nitrogen and oxygen atoms in total. The Hall–Kier alpha value is -2.00.